The lowest BCUT2D eigenvalue weighted by Crippen LogP contribution is -2.06. The molecule has 0 radical (unpaired) electrons. The molecule has 0 bridgehead atoms. The van der Waals surface area contributed by atoms with E-state index in [4.69, 9.17) is 5.11 Å². The Hall–Kier alpha value is -1.65. The summed E-state index contributed by atoms with van der Waals surface area (Å²) in [7, 11) is 0. The van der Waals surface area contributed by atoms with Gasteiger partial charge in [0.15, 0.2) is 0 Å². The van der Waals surface area contributed by atoms with Crippen molar-refractivity contribution in [1.29, 1.82) is 0 Å². The number of rotatable bonds is 4. The first kappa shape index (κ1) is 9.44. The molecule has 70 valence electrons. The van der Waals surface area contributed by atoms with E-state index < -0.39 is 5.97 Å². The lowest BCUT2D eigenvalue weighted by Gasteiger charge is -1.93. The number of hydrogen-bond acceptors (Lipinski definition) is 4. The highest BCUT2D eigenvalue weighted by Crippen LogP contribution is 2.08. The van der Waals surface area contributed by atoms with Gasteiger partial charge in [0.2, 0.25) is 0 Å². The Kier molecular flexibility index (Phi) is 2.79. The van der Waals surface area contributed by atoms with Gasteiger partial charge in [-0.05, 0) is 0 Å². The van der Waals surface area contributed by atoms with Crippen molar-refractivity contribution in [3.8, 4) is 0 Å². The van der Waals surface area contributed by atoms with Gasteiger partial charge in [-0.15, -0.1) is 0 Å². The summed E-state index contributed by atoms with van der Waals surface area (Å²) >= 11 is 0. The molecule has 0 fully saturated rings. The van der Waals surface area contributed by atoms with Crippen LogP contribution in [0.4, 0.5) is 0 Å². The van der Waals surface area contributed by atoms with Gasteiger partial charge in [-0.1, -0.05) is 12.1 Å². The number of aromatic nitrogens is 1. The van der Waals surface area contributed by atoms with E-state index in [1.54, 1.807) is 6.92 Å². The van der Waals surface area contributed by atoms with Gasteiger partial charge in [0, 0.05) is 6.42 Å². The quantitative estimate of drug-likeness (QED) is 0.749. The van der Waals surface area contributed by atoms with Crippen molar-refractivity contribution in [2.75, 3.05) is 0 Å². The van der Waals surface area contributed by atoms with Crippen LogP contribution in [-0.4, -0.2) is 22.0 Å². The first-order valence-corrected chi connectivity index (χ1v) is 3.83. The molecule has 0 atom stereocenters. The standard InChI is InChI=1S/C8H9NO4/c1-2-5(10)3-7-6(8(11)12)4-13-9-7/h4H,2-3H2,1H3,(H,11,12). The molecule has 1 rings (SSSR count). The lowest BCUT2D eigenvalue weighted by atomic mass is 10.1. The first-order valence-electron chi connectivity index (χ1n) is 3.83. The molecule has 1 heterocycles. The molecule has 0 amide bonds. The number of carbonyl (C=O) groups excluding carboxylic acids is 1. The number of aromatic carboxylic acids is 1. The third-order valence-corrected chi connectivity index (χ3v) is 1.63. The zero-order valence-corrected chi connectivity index (χ0v) is 7.11. The van der Waals surface area contributed by atoms with E-state index in [0.717, 1.165) is 6.26 Å². The Bertz CT molecular complexity index is 329. The van der Waals surface area contributed by atoms with Gasteiger partial charge >= 0.3 is 5.97 Å². The summed E-state index contributed by atoms with van der Waals surface area (Å²) in [6.45, 7) is 1.71. The topological polar surface area (TPSA) is 80.4 Å². The molecule has 0 aliphatic rings. The van der Waals surface area contributed by atoms with Crippen LogP contribution in [0, 0.1) is 0 Å². The minimum Gasteiger partial charge on any atom is -0.478 e. The maximum absolute atomic E-state index is 11.0. The summed E-state index contributed by atoms with van der Waals surface area (Å²) in [5.41, 5.74) is 0.154. The van der Waals surface area contributed by atoms with Gasteiger partial charge in [-0.25, -0.2) is 4.79 Å². The second kappa shape index (κ2) is 3.84. The maximum atomic E-state index is 11.0. The minimum absolute atomic E-state index is 0.0225. The molecule has 0 unspecified atom stereocenters. The molecule has 0 aliphatic carbocycles. The van der Waals surface area contributed by atoms with Crippen LogP contribution < -0.4 is 0 Å². The number of carbonyl (C=O) groups is 2. The van der Waals surface area contributed by atoms with Crippen LogP contribution in [-0.2, 0) is 11.2 Å². The molecule has 1 aromatic heterocycles. The molecule has 0 spiro atoms. The predicted molar refractivity (Wildman–Crippen MR) is 42.5 cm³/mol. The molecule has 5 nitrogen and oxygen atoms in total. The molecule has 1 aromatic rings. The number of carboxylic acids is 1. The number of carboxylic acid groups (broad SMARTS) is 1. The summed E-state index contributed by atoms with van der Waals surface area (Å²) in [5, 5.41) is 12.1. The van der Waals surface area contributed by atoms with E-state index in [0.29, 0.717) is 6.42 Å². The monoisotopic (exact) mass is 183 g/mol. The van der Waals surface area contributed by atoms with Crippen molar-refractivity contribution in [3.63, 3.8) is 0 Å². The number of ketones is 1. The fraction of sp³-hybridized carbons (Fsp3) is 0.375. The number of nitrogens with zero attached hydrogens (tertiary/aromatic N) is 1. The molecule has 0 saturated carbocycles. The largest absolute Gasteiger partial charge is 0.478 e. The lowest BCUT2D eigenvalue weighted by molar-refractivity contribution is -0.118. The second-order valence-corrected chi connectivity index (χ2v) is 2.55. The molecule has 13 heavy (non-hydrogen) atoms. The van der Waals surface area contributed by atoms with Crippen LogP contribution in [0.1, 0.15) is 29.4 Å². The fourth-order valence-electron chi connectivity index (χ4n) is 0.873. The summed E-state index contributed by atoms with van der Waals surface area (Å²) in [6.07, 6.45) is 1.42. The first-order chi connectivity index (χ1) is 6.15. The summed E-state index contributed by atoms with van der Waals surface area (Å²) in [5.74, 6) is -1.18. The SMILES string of the molecule is CCC(=O)Cc1nocc1C(=O)O. The molecule has 0 aromatic carbocycles. The van der Waals surface area contributed by atoms with Crippen LogP contribution >= 0.6 is 0 Å². The van der Waals surface area contributed by atoms with Crippen molar-refractivity contribution >= 4 is 11.8 Å². The van der Waals surface area contributed by atoms with Crippen molar-refractivity contribution in [3.05, 3.63) is 17.5 Å². The fourth-order valence-corrected chi connectivity index (χ4v) is 0.873. The van der Waals surface area contributed by atoms with Gasteiger partial charge < -0.3 is 9.63 Å². The van der Waals surface area contributed by atoms with Crippen molar-refractivity contribution in [2.45, 2.75) is 19.8 Å². The Morgan fingerprint density at radius 1 is 1.62 bits per heavy atom. The van der Waals surface area contributed by atoms with Crippen LogP contribution in [0.2, 0.25) is 0 Å². The maximum Gasteiger partial charge on any atom is 0.340 e. The Balaban J connectivity index is 2.82. The zero-order valence-electron chi connectivity index (χ0n) is 7.11. The van der Waals surface area contributed by atoms with E-state index in [-0.39, 0.29) is 23.5 Å². The van der Waals surface area contributed by atoms with Crippen LogP contribution in [0.5, 0.6) is 0 Å². The average Bonchev–Trinajstić information content (AvgIpc) is 2.52. The normalized spacial score (nSPS) is 9.92. The average molecular weight is 183 g/mol. The third kappa shape index (κ3) is 2.14. The predicted octanol–water partition coefficient (Wildman–Crippen LogP) is 0.894. The van der Waals surface area contributed by atoms with E-state index in [1.165, 1.54) is 0 Å². The van der Waals surface area contributed by atoms with E-state index in [9.17, 15) is 9.59 Å². The highest BCUT2D eigenvalue weighted by atomic mass is 16.5. The van der Waals surface area contributed by atoms with Gasteiger partial charge in [0.1, 0.15) is 23.3 Å². The zero-order chi connectivity index (χ0) is 9.84. The molecule has 1 N–H and O–H groups in total. The number of Topliss-reactive ketones (excluding diaryl/α,β-unsaturated/α-hetero) is 1. The summed E-state index contributed by atoms with van der Waals surface area (Å²) in [4.78, 5) is 21.5. The van der Waals surface area contributed by atoms with Crippen molar-refractivity contribution in [2.24, 2.45) is 0 Å². The van der Waals surface area contributed by atoms with E-state index >= 15 is 0 Å². The van der Waals surface area contributed by atoms with E-state index in [1.807, 2.05) is 0 Å². The molecule has 0 saturated heterocycles. The smallest absolute Gasteiger partial charge is 0.340 e. The Morgan fingerprint density at radius 3 is 2.85 bits per heavy atom. The highest BCUT2D eigenvalue weighted by Gasteiger charge is 2.16. The summed E-state index contributed by atoms with van der Waals surface area (Å²) < 4.78 is 4.47. The Morgan fingerprint density at radius 2 is 2.31 bits per heavy atom. The summed E-state index contributed by atoms with van der Waals surface area (Å²) in [6, 6.07) is 0. The van der Waals surface area contributed by atoms with Gasteiger partial charge in [-0.3, -0.25) is 4.79 Å². The van der Waals surface area contributed by atoms with Crippen LogP contribution in [0.25, 0.3) is 0 Å². The highest BCUT2D eigenvalue weighted by molar-refractivity contribution is 5.90. The van der Waals surface area contributed by atoms with E-state index in [2.05, 4.69) is 9.68 Å². The van der Waals surface area contributed by atoms with Gasteiger partial charge in [-0.2, -0.15) is 0 Å². The van der Waals surface area contributed by atoms with Crippen LogP contribution in [0.3, 0.4) is 0 Å². The van der Waals surface area contributed by atoms with Crippen molar-refractivity contribution < 1.29 is 19.2 Å². The third-order valence-electron chi connectivity index (χ3n) is 1.63. The van der Waals surface area contributed by atoms with Gasteiger partial charge in [0.05, 0.1) is 6.42 Å². The van der Waals surface area contributed by atoms with Gasteiger partial charge in [0.25, 0.3) is 0 Å². The van der Waals surface area contributed by atoms with Crippen LogP contribution in [0.15, 0.2) is 10.8 Å². The molecular weight excluding hydrogens is 174 g/mol. The molecular formula is C8H9NO4. The van der Waals surface area contributed by atoms with Crippen molar-refractivity contribution in [1.82, 2.24) is 5.16 Å². The second-order valence-electron chi connectivity index (χ2n) is 2.55. The molecule has 5 heteroatoms. The Labute approximate surface area is 74.3 Å². The molecule has 0 aliphatic heterocycles. The number of hydrogen-bond donors (Lipinski definition) is 1. The minimum atomic E-state index is -1.12.